The Labute approximate surface area is 157 Å². The van der Waals surface area contributed by atoms with Crippen LogP contribution in [-0.4, -0.2) is 47.5 Å². The quantitative estimate of drug-likeness (QED) is 0.484. The number of aromatic amines is 1. The molecule has 0 aliphatic carbocycles. The molecule has 1 N–H and O–H groups in total. The summed E-state index contributed by atoms with van der Waals surface area (Å²) in [6, 6.07) is 0. The third-order valence-corrected chi connectivity index (χ3v) is 5.07. The highest BCUT2D eigenvalue weighted by atomic mass is 31.2. The zero-order valence-corrected chi connectivity index (χ0v) is 16.7. The van der Waals surface area contributed by atoms with E-state index in [9.17, 15) is 14.4 Å². The SMILES string of the molecule is CCOP(OCC)OC[C@H]1O[C@@H](n2cc(C)c(=O)[nH]c2=O)C[C@@H]1OC(C)=O. The van der Waals surface area contributed by atoms with Gasteiger partial charge in [-0.05, 0) is 20.8 Å². The van der Waals surface area contributed by atoms with Gasteiger partial charge in [0.2, 0.25) is 0 Å². The number of carbonyl (C=O) groups excluding carboxylic acids is 1. The second-order valence-electron chi connectivity index (χ2n) is 5.85. The second kappa shape index (κ2) is 10.1. The zero-order chi connectivity index (χ0) is 20.0. The summed E-state index contributed by atoms with van der Waals surface area (Å²) in [4.78, 5) is 37.3. The van der Waals surface area contributed by atoms with E-state index < -0.39 is 44.3 Å². The van der Waals surface area contributed by atoms with Crippen LogP contribution in [0.4, 0.5) is 0 Å². The Balaban J connectivity index is 2.13. The lowest BCUT2D eigenvalue weighted by Crippen LogP contribution is -2.33. The van der Waals surface area contributed by atoms with Crippen molar-refractivity contribution in [2.75, 3.05) is 19.8 Å². The van der Waals surface area contributed by atoms with Gasteiger partial charge in [-0.1, -0.05) is 0 Å². The molecule has 0 aromatic carbocycles. The van der Waals surface area contributed by atoms with Gasteiger partial charge in [0.15, 0.2) is 0 Å². The fourth-order valence-corrected chi connectivity index (χ4v) is 3.53. The summed E-state index contributed by atoms with van der Waals surface area (Å²) in [5.41, 5.74) is -0.674. The Hall–Kier alpha value is -1.58. The molecule has 1 aliphatic rings. The minimum Gasteiger partial charge on any atom is -0.460 e. The molecule has 1 aliphatic heterocycles. The normalized spacial score (nSPS) is 22.3. The molecule has 0 amide bonds. The molecule has 3 atom stereocenters. The summed E-state index contributed by atoms with van der Waals surface area (Å²) in [5, 5.41) is 0. The van der Waals surface area contributed by atoms with E-state index in [1.54, 1.807) is 6.92 Å². The first-order chi connectivity index (χ1) is 12.8. The van der Waals surface area contributed by atoms with Crippen molar-refractivity contribution < 1.29 is 27.8 Å². The summed E-state index contributed by atoms with van der Waals surface area (Å²) >= 11 is 0. The smallest absolute Gasteiger partial charge is 0.332 e. The molecule has 0 unspecified atom stereocenters. The fraction of sp³-hybridized carbons (Fsp3) is 0.688. The van der Waals surface area contributed by atoms with Gasteiger partial charge in [0, 0.05) is 25.1 Å². The number of H-pyrrole nitrogens is 1. The highest BCUT2D eigenvalue weighted by Crippen LogP contribution is 2.41. The molecule has 1 fully saturated rings. The topological polar surface area (TPSA) is 118 Å². The molecule has 1 aromatic rings. The Bertz CT molecular complexity index is 743. The van der Waals surface area contributed by atoms with E-state index >= 15 is 0 Å². The van der Waals surface area contributed by atoms with Crippen LogP contribution in [0.15, 0.2) is 15.8 Å². The maximum atomic E-state index is 12.1. The number of hydrogen-bond donors (Lipinski definition) is 1. The number of nitrogens with zero attached hydrogens (tertiary/aromatic N) is 1. The van der Waals surface area contributed by atoms with Crippen molar-refractivity contribution in [3.8, 4) is 0 Å². The monoisotopic (exact) mass is 404 g/mol. The lowest BCUT2D eigenvalue weighted by molar-refractivity contribution is -0.150. The van der Waals surface area contributed by atoms with Gasteiger partial charge in [0.1, 0.15) is 18.4 Å². The average molecular weight is 404 g/mol. The van der Waals surface area contributed by atoms with Crippen molar-refractivity contribution in [1.29, 1.82) is 0 Å². The summed E-state index contributed by atoms with van der Waals surface area (Å²) in [6.07, 6.45) is -0.236. The predicted molar refractivity (Wildman–Crippen MR) is 96.3 cm³/mol. The average Bonchev–Trinajstić information content (AvgIpc) is 2.98. The van der Waals surface area contributed by atoms with Gasteiger partial charge in [0.05, 0.1) is 19.8 Å². The Morgan fingerprint density at radius 2 is 1.96 bits per heavy atom. The number of hydrogen-bond acceptors (Lipinski definition) is 8. The van der Waals surface area contributed by atoms with Gasteiger partial charge in [-0.3, -0.25) is 19.1 Å². The van der Waals surface area contributed by atoms with Crippen LogP contribution < -0.4 is 11.2 Å². The Morgan fingerprint density at radius 1 is 1.30 bits per heavy atom. The minimum absolute atomic E-state index is 0.0667. The first-order valence-corrected chi connectivity index (χ1v) is 9.78. The molecule has 0 radical (unpaired) electrons. The van der Waals surface area contributed by atoms with E-state index in [0.717, 1.165) is 0 Å². The number of ether oxygens (including phenoxy) is 2. The second-order valence-corrected chi connectivity index (χ2v) is 7.07. The maximum Gasteiger partial charge on any atom is 0.332 e. The lowest BCUT2D eigenvalue weighted by atomic mass is 10.2. The van der Waals surface area contributed by atoms with Crippen LogP contribution in [-0.2, 0) is 27.8 Å². The predicted octanol–water partition coefficient (Wildman–Crippen LogP) is 1.38. The van der Waals surface area contributed by atoms with Crippen LogP contribution in [0.25, 0.3) is 0 Å². The highest BCUT2D eigenvalue weighted by Gasteiger charge is 2.39. The molecule has 27 heavy (non-hydrogen) atoms. The molecular formula is C16H25N2O8P. The minimum atomic E-state index is -1.54. The van der Waals surface area contributed by atoms with Crippen molar-refractivity contribution in [3.63, 3.8) is 0 Å². The number of aromatic nitrogens is 2. The summed E-state index contributed by atoms with van der Waals surface area (Å²) in [5.74, 6) is -0.462. The standard InChI is InChI=1S/C16H25N2O8P/c1-5-22-27(23-6-2)24-9-13-12(25-11(4)19)7-14(26-13)18-8-10(3)15(20)17-16(18)21/h8,12-14H,5-7,9H2,1-4H3,(H,17,20,21)/t12-,13+,14+/m0/s1. The van der Waals surface area contributed by atoms with Gasteiger partial charge >= 0.3 is 20.3 Å². The van der Waals surface area contributed by atoms with Gasteiger partial charge in [-0.25, -0.2) is 4.79 Å². The Kier molecular flexibility index (Phi) is 8.12. The van der Waals surface area contributed by atoms with Crippen LogP contribution in [0.2, 0.25) is 0 Å². The third kappa shape index (κ3) is 5.95. The van der Waals surface area contributed by atoms with Gasteiger partial charge in [-0.15, -0.1) is 0 Å². The van der Waals surface area contributed by atoms with Gasteiger partial charge in [-0.2, -0.15) is 0 Å². The fourth-order valence-electron chi connectivity index (χ4n) is 2.62. The number of rotatable bonds is 9. The zero-order valence-electron chi connectivity index (χ0n) is 15.8. The largest absolute Gasteiger partial charge is 0.460 e. The molecule has 2 rings (SSSR count). The maximum absolute atomic E-state index is 12.1. The molecule has 152 valence electrons. The molecule has 2 heterocycles. The molecule has 0 saturated carbocycles. The van der Waals surface area contributed by atoms with Crippen molar-refractivity contribution >= 4 is 14.6 Å². The summed E-state index contributed by atoms with van der Waals surface area (Å²) in [6.45, 7) is 7.47. The number of esters is 1. The highest BCUT2D eigenvalue weighted by molar-refractivity contribution is 7.41. The number of nitrogens with one attached hydrogen (secondary N) is 1. The van der Waals surface area contributed by atoms with Crippen LogP contribution >= 0.6 is 8.60 Å². The molecule has 10 nitrogen and oxygen atoms in total. The van der Waals surface area contributed by atoms with E-state index in [1.165, 1.54) is 17.7 Å². The molecule has 0 bridgehead atoms. The lowest BCUT2D eigenvalue weighted by Gasteiger charge is -2.21. The van der Waals surface area contributed by atoms with E-state index in [2.05, 4.69) is 4.98 Å². The molecule has 0 spiro atoms. The molecule has 1 aromatic heterocycles. The van der Waals surface area contributed by atoms with Crippen molar-refractivity contribution in [3.05, 3.63) is 32.6 Å². The third-order valence-electron chi connectivity index (χ3n) is 3.77. The van der Waals surface area contributed by atoms with Crippen LogP contribution in [0, 0.1) is 6.92 Å². The van der Waals surface area contributed by atoms with Crippen molar-refractivity contribution in [1.82, 2.24) is 9.55 Å². The molecule has 11 heteroatoms. The van der Waals surface area contributed by atoms with E-state index in [4.69, 9.17) is 23.0 Å². The van der Waals surface area contributed by atoms with Crippen LogP contribution in [0.5, 0.6) is 0 Å². The van der Waals surface area contributed by atoms with Crippen LogP contribution in [0.3, 0.4) is 0 Å². The van der Waals surface area contributed by atoms with E-state index in [-0.39, 0.29) is 13.0 Å². The number of aryl methyl sites for hydroxylation is 1. The van der Waals surface area contributed by atoms with Gasteiger partial charge < -0.3 is 23.0 Å². The molecular weight excluding hydrogens is 379 g/mol. The van der Waals surface area contributed by atoms with E-state index in [1.807, 2.05) is 13.8 Å². The van der Waals surface area contributed by atoms with Crippen molar-refractivity contribution in [2.24, 2.45) is 0 Å². The molecule has 1 saturated heterocycles. The first-order valence-electron chi connectivity index (χ1n) is 8.69. The summed E-state index contributed by atoms with van der Waals surface area (Å²) < 4.78 is 28.9. The summed E-state index contributed by atoms with van der Waals surface area (Å²) in [7, 11) is -1.54. The Morgan fingerprint density at radius 3 is 2.56 bits per heavy atom. The van der Waals surface area contributed by atoms with Crippen molar-refractivity contribution in [2.45, 2.75) is 52.6 Å². The van der Waals surface area contributed by atoms with Gasteiger partial charge in [0.25, 0.3) is 5.56 Å². The van der Waals surface area contributed by atoms with E-state index in [0.29, 0.717) is 18.8 Å². The number of carbonyl (C=O) groups is 1. The first kappa shape index (κ1) is 21.7. The van der Waals surface area contributed by atoms with Crippen LogP contribution in [0.1, 0.15) is 39.0 Å².